The Bertz CT molecular complexity index is 1490. The summed E-state index contributed by atoms with van der Waals surface area (Å²) in [6, 6.07) is 15.1. The number of carbonyl (C=O) groups excluding carboxylic acids is 2. The van der Waals surface area contributed by atoms with Gasteiger partial charge in [-0.1, -0.05) is 35.9 Å². The van der Waals surface area contributed by atoms with E-state index in [-0.39, 0.29) is 42.2 Å². The maximum Gasteiger partial charge on any atom is 0.249 e. The van der Waals surface area contributed by atoms with Gasteiger partial charge in [-0.15, -0.1) is 0 Å². The van der Waals surface area contributed by atoms with Crippen LogP contribution in [0.2, 0.25) is 5.02 Å². The molecule has 10 heteroatoms. The van der Waals surface area contributed by atoms with Gasteiger partial charge in [-0.25, -0.2) is 4.98 Å². The molecular formula is C29H30BrClN4O4. The van der Waals surface area contributed by atoms with Gasteiger partial charge >= 0.3 is 0 Å². The second-order valence-corrected chi connectivity index (χ2v) is 10.7. The number of aromatic nitrogens is 2. The first-order valence-electron chi connectivity index (χ1n) is 12.6. The van der Waals surface area contributed by atoms with Crippen LogP contribution in [0.15, 0.2) is 65.4 Å². The van der Waals surface area contributed by atoms with E-state index in [1.807, 2.05) is 67.0 Å². The van der Waals surface area contributed by atoms with Crippen LogP contribution in [-0.2, 0) is 11.2 Å². The number of hydrogen-bond donors (Lipinski definition) is 3. The molecule has 0 fully saturated rings. The molecule has 4 N–H and O–H groups in total. The first kappa shape index (κ1) is 28.6. The Balaban J connectivity index is 1.68. The molecule has 0 radical (unpaired) electrons. The van der Waals surface area contributed by atoms with E-state index in [1.165, 1.54) is 0 Å². The van der Waals surface area contributed by atoms with Gasteiger partial charge in [0.1, 0.15) is 5.75 Å². The monoisotopic (exact) mass is 612 g/mol. The van der Waals surface area contributed by atoms with Gasteiger partial charge in [-0.2, -0.15) is 0 Å². The van der Waals surface area contributed by atoms with Crippen LogP contribution < -0.4 is 15.8 Å². The van der Waals surface area contributed by atoms with Gasteiger partial charge in [-0.3, -0.25) is 9.59 Å². The van der Waals surface area contributed by atoms with Crippen LogP contribution in [0.25, 0.3) is 16.9 Å². The summed E-state index contributed by atoms with van der Waals surface area (Å²) in [6.45, 7) is 3.69. The van der Waals surface area contributed by atoms with E-state index in [9.17, 15) is 9.59 Å². The van der Waals surface area contributed by atoms with Crippen molar-refractivity contribution in [3.05, 3.63) is 87.1 Å². The summed E-state index contributed by atoms with van der Waals surface area (Å²) in [6.07, 6.45) is 4.21. The number of amides is 2. The number of nitrogens with one attached hydrogen (secondary N) is 1. The molecule has 0 saturated carbocycles. The van der Waals surface area contributed by atoms with E-state index in [2.05, 4.69) is 21.2 Å². The van der Waals surface area contributed by atoms with Gasteiger partial charge < -0.3 is 25.3 Å². The number of aliphatic hydroxyl groups is 1. The highest BCUT2D eigenvalue weighted by molar-refractivity contribution is 9.10. The number of hydrogen-bond acceptors (Lipinski definition) is 5. The van der Waals surface area contributed by atoms with Crippen molar-refractivity contribution in [3.8, 4) is 17.0 Å². The number of nitrogens with zero attached hydrogens (tertiary/aromatic N) is 2. The molecule has 2 aromatic carbocycles. The average molecular weight is 614 g/mol. The Kier molecular flexibility index (Phi) is 9.27. The largest absolute Gasteiger partial charge is 0.489 e. The van der Waals surface area contributed by atoms with Crippen molar-refractivity contribution >= 4 is 45.0 Å². The Hall–Kier alpha value is -3.40. The van der Waals surface area contributed by atoms with Gasteiger partial charge in [0.15, 0.2) is 5.65 Å². The number of pyridine rings is 1. The quantitative estimate of drug-likeness (QED) is 0.217. The normalized spacial score (nSPS) is 12.1. The van der Waals surface area contributed by atoms with Crippen LogP contribution in [0.1, 0.15) is 47.7 Å². The fourth-order valence-corrected chi connectivity index (χ4v) is 5.26. The number of halogens is 2. The average Bonchev–Trinajstić information content (AvgIpc) is 3.34. The molecule has 1 unspecified atom stereocenters. The minimum atomic E-state index is -0.622. The standard InChI is InChI=1S/C29H30BrClN4O4/c1-17(2)39-24-10-9-21(28(32)38)26(27(24)31)20(15-33-25(37)11-13-36)14-18-5-7-19(8-6-18)23-16-35-12-3-4-22(30)29(35)34-23/h3-10,12,16-17,20,36H,11,13-15H2,1-2H3,(H2,32,38)(H,33,37). The van der Waals surface area contributed by atoms with Crippen molar-refractivity contribution in [2.24, 2.45) is 5.73 Å². The van der Waals surface area contributed by atoms with Crippen molar-refractivity contribution in [1.82, 2.24) is 14.7 Å². The Morgan fingerprint density at radius 1 is 1.18 bits per heavy atom. The molecule has 2 aromatic heterocycles. The lowest BCUT2D eigenvalue weighted by atomic mass is 9.87. The maximum absolute atomic E-state index is 12.4. The Morgan fingerprint density at radius 2 is 1.92 bits per heavy atom. The predicted octanol–water partition coefficient (Wildman–Crippen LogP) is 5.13. The zero-order valence-corrected chi connectivity index (χ0v) is 24.0. The smallest absolute Gasteiger partial charge is 0.249 e. The summed E-state index contributed by atoms with van der Waals surface area (Å²) < 4.78 is 8.73. The van der Waals surface area contributed by atoms with Gasteiger partial charge in [0.2, 0.25) is 11.8 Å². The Labute approximate surface area is 240 Å². The Morgan fingerprint density at radius 3 is 2.56 bits per heavy atom. The van der Waals surface area contributed by atoms with E-state index >= 15 is 0 Å². The molecule has 0 bridgehead atoms. The zero-order chi connectivity index (χ0) is 28.1. The summed E-state index contributed by atoms with van der Waals surface area (Å²) in [5.74, 6) is -0.882. The second-order valence-electron chi connectivity index (χ2n) is 9.46. The lowest BCUT2D eigenvalue weighted by molar-refractivity contribution is -0.121. The predicted molar refractivity (Wildman–Crippen MR) is 155 cm³/mol. The molecule has 39 heavy (non-hydrogen) atoms. The van der Waals surface area contributed by atoms with Crippen LogP contribution in [-0.4, -0.2) is 45.6 Å². The van der Waals surface area contributed by atoms with Gasteiger partial charge in [-0.05, 0) is 71.6 Å². The second kappa shape index (κ2) is 12.6. The van der Waals surface area contributed by atoms with Gasteiger partial charge in [0, 0.05) is 42.4 Å². The van der Waals surface area contributed by atoms with E-state index in [1.54, 1.807) is 12.1 Å². The summed E-state index contributed by atoms with van der Waals surface area (Å²) in [5, 5.41) is 12.3. The van der Waals surface area contributed by atoms with Crippen molar-refractivity contribution in [1.29, 1.82) is 0 Å². The molecule has 4 rings (SSSR count). The van der Waals surface area contributed by atoms with Gasteiger partial charge in [0.25, 0.3) is 0 Å². The zero-order valence-electron chi connectivity index (χ0n) is 21.7. The number of aliphatic hydroxyl groups excluding tert-OH is 1. The van der Waals surface area contributed by atoms with Crippen LogP contribution >= 0.6 is 27.5 Å². The van der Waals surface area contributed by atoms with Crippen molar-refractivity contribution in [3.63, 3.8) is 0 Å². The third-order valence-corrected chi connectivity index (χ3v) is 7.24. The van der Waals surface area contributed by atoms with Gasteiger partial charge in [0.05, 0.1) is 27.9 Å². The van der Waals surface area contributed by atoms with Crippen molar-refractivity contribution in [2.45, 2.75) is 38.7 Å². The molecule has 8 nitrogen and oxygen atoms in total. The third kappa shape index (κ3) is 6.79. The molecule has 2 amide bonds. The number of imidazole rings is 1. The summed E-state index contributed by atoms with van der Waals surface area (Å²) >= 11 is 10.3. The van der Waals surface area contributed by atoms with Crippen molar-refractivity contribution < 1.29 is 19.4 Å². The highest BCUT2D eigenvalue weighted by atomic mass is 79.9. The number of primary amides is 1. The lowest BCUT2D eigenvalue weighted by Crippen LogP contribution is -2.31. The minimum Gasteiger partial charge on any atom is -0.489 e. The number of rotatable bonds is 11. The van der Waals surface area contributed by atoms with Crippen LogP contribution in [0, 0.1) is 0 Å². The first-order valence-corrected chi connectivity index (χ1v) is 13.7. The molecule has 0 aliphatic carbocycles. The molecule has 0 saturated heterocycles. The number of carbonyl (C=O) groups is 2. The first-order chi connectivity index (χ1) is 18.7. The van der Waals surface area contributed by atoms with E-state index < -0.39 is 11.8 Å². The number of ether oxygens (including phenoxy) is 1. The fourth-order valence-electron chi connectivity index (χ4n) is 4.45. The lowest BCUT2D eigenvalue weighted by Gasteiger charge is -2.24. The molecule has 0 spiro atoms. The van der Waals surface area contributed by atoms with Crippen molar-refractivity contribution in [2.75, 3.05) is 13.2 Å². The number of fused-ring (bicyclic) bond motifs is 1. The fraction of sp³-hybridized carbons (Fsp3) is 0.276. The molecule has 2 heterocycles. The summed E-state index contributed by atoms with van der Waals surface area (Å²) in [4.78, 5) is 29.3. The van der Waals surface area contributed by atoms with E-state index in [0.717, 1.165) is 26.9 Å². The number of benzene rings is 2. The molecule has 0 aliphatic heterocycles. The minimum absolute atomic E-state index is 0.0244. The van der Waals surface area contributed by atoms with E-state index in [0.29, 0.717) is 17.7 Å². The summed E-state index contributed by atoms with van der Waals surface area (Å²) in [5.41, 5.74) is 10.1. The maximum atomic E-state index is 12.4. The summed E-state index contributed by atoms with van der Waals surface area (Å²) in [7, 11) is 0. The SMILES string of the molecule is CC(C)Oc1ccc(C(N)=O)c(C(CNC(=O)CCO)Cc2ccc(-c3cn4cccc(Br)c4n3)cc2)c1Cl. The van der Waals surface area contributed by atoms with Crippen LogP contribution in [0.4, 0.5) is 0 Å². The third-order valence-electron chi connectivity index (χ3n) is 6.23. The van der Waals surface area contributed by atoms with Crippen LogP contribution in [0.3, 0.4) is 0 Å². The topological polar surface area (TPSA) is 119 Å². The molecule has 204 valence electrons. The highest BCUT2D eigenvalue weighted by Crippen LogP contribution is 2.38. The molecule has 4 aromatic rings. The van der Waals surface area contributed by atoms with E-state index in [4.69, 9.17) is 32.2 Å². The van der Waals surface area contributed by atoms with Crippen LogP contribution in [0.5, 0.6) is 5.75 Å². The molecule has 0 aliphatic rings. The molecular weight excluding hydrogens is 584 g/mol. The number of nitrogens with two attached hydrogens (primary N) is 1. The molecule has 1 atom stereocenters. The highest BCUT2D eigenvalue weighted by Gasteiger charge is 2.25.